The summed E-state index contributed by atoms with van der Waals surface area (Å²) in [7, 11) is -0.262. The molecule has 0 fully saturated rings. The van der Waals surface area contributed by atoms with Gasteiger partial charge < -0.3 is 4.57 Å². The lowest BCUT2D eigenvalue weighted by Crippen LogP contribution is -2.70. The number of nitrogens with zero attached hydrogens (tertiary/aromatic N) is 2. The molecular formula is C41H42BN2S2Si. The van der Waals surface area contributed by atoms with Crippen molar-refractivity contribution in [2.24, 2.45) is 0 Å². The van der Waals surface area contributed by atoms with Crippen molar-refractivity contribution in [3.8, 4) is 0 Å². The number of aromatic nitrogens is 2. The molecule has 0 saturated carbocycles. The van der Waals surface area contributed by atoms with E-state index in [0.29, 0.717) is 0 Å². The van der Waals surface area contributed by atoms with Crippen molar-refractivity contribution in [1.29, 1.82) is 0 Å². The second-order valence-electron chi connectivity index (χ2n) is 12.2. The van der Waals surface area contributed by atoms with Gasteiger partial charge in [-0.25, -0.2) is 0 Å². The molecule has 1 heterocycles. The lowest BCUT2D eigenvalue weighted by molar-refractivity contribution is 0.889. The molecular weight excluding hydrogens is 623 g/mol. The van der Waals surface area contributed by atoms with Crippen molar-refractivity contribution in [3.05, 3.63) is 174 Å². The first kappa shape index (κ1) is 33.2. The van der Waals surface area contributed by atoms with Gasteiger partial charge >= 0.3 is 0 Å². The molecule has 235 valence electrons. The van der Waals surface area contributed by atoms with Crippen LogP contribution in [0.1, 0.15) is 40.9 Å². The van der Waals surface area contributed by atoms with Gasteiger partial charge in [0, 0.05) is 18.6 Å². The number of imidazole rings is 1. The van der Waals surface area contributed by atoms with E-state index in [0.717, 1.165) is 49.1 Å². The lowest BCUT2D eigenvalue weighted by atomic mass is 9.58. The Morgan fingerprint density at radius 3 is 1.49 bits per heavy atom. The Kier molecular flexibility index (Phi) is 11.6. The number of hydrogen-bond acceptors (Lipinski definition) is 3. The van der Waals surface area contributed by atoms with Gasteiger partial charge in [-0.05, 0) is 80.8 Å². The maximum Gasteiger partial charge on any atom is 0.215 e. The van der Waals surface area contributed by atoms with E-state index in [9.17, 15) is 0 Å². The first-order valence-corrected chi connectivity index (χ1v) is 20.1. The molecule has 0 N–H and O–H groups in total. The Morgan fingerprint density at radius 2 is 1.02 bits per heavy atom. The number of thiol groups is 2. The number of benzene rings is 5. The molecule has 0 amide bonds. The highest BCUT2D eigenvalue weighted by Crippen LogP contribution is 2.23. The minimum Gasteiger partial charge on any atom is -0.345 e. The molecule has 2 nitrogen and oxygen atoms in total. The van der Waals surface area contributed by atoms with Crippen molar-refractivity contribution in [1.82, 2.24) is 9.55 Å². The standard InChI is InChI=1S/C41H42BN2S2Si/c45-30-10-12-33-20-24-38(25-21-33)47(37-18-8-3-9-19-37,39-26-22-34(23-27-39)13-11-31-46)32-44-29-28-43-41(44)42-40(35-14-4-1-5-15-35)36-16-6-2-7-17-36/h1-9,14-29,40,45-46H,10-13,30-32H2. The van der Waals surface area contributed by atoms with Crippen molar-refractivity contribution in [2.75, 3.05) is 11.5 Å². The van der Waals surface area contributed by atoms with E-state index in [4.69, 9.17) is 4.98 Å². The van der Waals surface area contributed by atoms with Gasteiger partial charge in [0.2, 0.25) is 7.28 Å². The van der Waals surface area contributed by atoms with E-state index in [-0.39, 0.29) is 5.82 Å². The van der Waals surface area contributed by atoms with Crippen LogP contribution in [0.15, 0.2) is 152 Å². The Balaban J connectivity index is 1.47. The molecule has 0 aliphatic heterocycles. The Hall–Kier alpha value is -3.71. The van der Waals surface area contributed by atoms with E-state index in [2.05, 4.69) is 183 Å². The number of hydrogen-bond donors (Lipinski definition) is 2. The molecule has 0 spiro atoms. The zero-order valence-electron chi connectivity index (χ0n) is 26.8. The molecule has 0 bridgehead atoms. The fraction of sp³-hybridized carbons (Fsp3) is 0.195. The third kappa shape index (κ3) is 7.89. The average molecular weight is 666 g/mol. The summed E-state index contributed by atoms with van der Waals surface area (Å²) in [4.78, 5) is 4.98. The van der Waals surface area contributed by atoms with Crippen molar-refractivity contribution in [3.63, 3.8) is 0 Å². The summed E-state index contributed by atoms with van der Waals surface area (Å²) in [5.41, 5.74) is 6.24. The first-order chi connectivity index (χ1) is 23.2. The highest BCUT2D eigenvalue weighted by Gasteiger charge is 2.40. The molecule has 1 radical (unpaired) electrons. The van der Waals surface area contributed by atoms with Crippen LogP contribution in [0.3, 0.4) is 0 Å². The number of aryl methyl sites for hydroxylation is 2. The van der Waals surface area contributed by atoms with Crippen LogP contribution in [-0.4, -0.2) is 36.4 Å². The van der Waals surface area contributed by atoms with Crippen LogP contribution in [-0.2, 0) is 19.0 Å². The van der Waals surface area contributed by atoms with Crippen LogP contribution in [0, 0.1) is 0 Å². The molecule has 47 heavy (non-hydrogen) atoms. The van der Waals surface area contributed by atoms with Crippen molar-refractivity contribution < 1.29 is 0 Å². The monoisotopic (exact) mass is 665 g/mol. The molecule has 6 heteroatoms. The first-order valence-electron chi connectivity index (χ1n) is 16.6. The molecule has 6 aromatic rings. The molecule has 1 aromatic heterocycles. The summed E-state index contributed by atoms with van der Waals surface area (Å²) < 4.78 is 2.40. The highest BCUT2D eigenvalue weighted by atomic mass is 32.1. The number of rotatable bonds is 15. The molecule has 0 saturated heterocycles. The minimum absolute atomic E-state index is 0.0866. The van der Waals surface area contributed by atoms with Crippen LogP contribution < -0.4 is 21.3 Å². The van der Waals surface area contributed by atoms with E-state index < -0.39 is 8.07 Å². The lowest BCUT2D eigenvalue weighted by Gasteiger charge is -2.35. The summed E-state index contributed by atoms with van der Waals surface area (Å²) in [6, 6.07) is 51.7. The minimum atomic E-state index is -2.60. The van der Waals surface area contributed by atoms with Crippen LogP contribution in [0.4, 0.5) is 0 Å². The smallest absolute Gasteiger partial charge is 0.215 e. The fourth-order valence-electron chi connectivity index (χ4n) is 6.70. The molecule has 0 atom stereocenters. The summed E-state index contributed by atoms with van der Waals surface area (Å²) in [5, 5.41) is 4.21. The SMILES string of the molecule is SCCCc1ccc([Si](Cn2ccnc2[B]C(c2ccccc2)c2ccccc2)(c2ccccc2)c2ccc(CCCS)cc2)cc1. The van der Waals surface area contributed by atoms with Gasteiger partial charge in [-0.1, -0.05) is 140 Å². The molecule has 0 unspecified atom stereocenters. The van der Waals surface area contributed by atoms with Crippen LogP contribution in [0.5, 0.6) is 0 Å². The summed E-state index contributed by atoms with van der Waals surface area (Å²) >= 11 is 8.92. The fourth-order valence-corrected chi connectivity index (χ4v) is 11.6. The van der Waals surface area contributed by atoms with Crippen LogP contribution >= 0.6 is 25.3 Å². The average Bonchev–Trinajstić information content (AvgIpc) is 3.59. The zero-order chi connectivity index (χ0) is 32.3. The summed E-state index contributed by atoms with van der Waals surface area (Å²) in [6.45, 7) is 0. The van der Waals surface area contributed by atoms with Gasteiger partial charge in [-0.15, -0.1) is 0 Å². The van der Waals surface area contributed by atoms with E-state index in [1.165, 1.54) is 37.8 Å². The quantitative estimate of drug-likeness (QED) is 0.0735. The predicted octanol–water partition coefficient (Wildman–Crippen LogP) is 6.44. The van der Waals surface area contributed by atoms with Crippen molar-refractivity contribution >= 4 is 61.9 Å². The second kappa shape index (κ2) is 16.4. The van der Waals surface area contributed by atoms with E-state index in [1.807, 2.05) is 6.20 Å². The zero-order valence-corrected chi connectivity index (χ0v) is 29.6. The Morgan fingerprint density at radius 1 is 0.574 bits per heavy atom. The van der Waals surface area contributed by atoms with Gasteiger partial charge in [0.1, 0.15) is 0 Å². The summed E-state index contributed by atoms with van der Waals surface area (Å²) in [6.07, 6.45) is 9.22. The van der Waals surface area contributed by atoms with Gasteiger partial charge in [0.05, 0.1) is 5.72 Å². The van der Waals surface area contributed by atoms with Gasteiger partial charge in [0.25, 0.3) is 0 Å². The van der Waals surface area contributed by atoms with Crippen molar-refractivity contribution in [2.45, 2.75) is 37.7 Å². The molecule has 6 rings (SSSR count). The second-order valence-corrected chi connectivity index (χ2v) is 17.0. The Bertz CT molecular complexity index is 1700. The predicted molar refractivity (Wildman–Crippen MR) is 211 cm³/mol. The molecule has 5 aromatic carbocycles. The summed E-state index contributed by atoms with van der Waals surface area (Å²) in [5.74, 6) is 1.89. The highest BCUT2D eigenvalue weighted by molar-refractivity contribution is 7.80. The van der Waals surface area contributed by atoms with Crippen LogP contribution in [0.25, 0.3) is 0 Å². The topological polar surface area (TPSA) is 17.8 Å². The molecule has 0 aliphatic carbocycles. The van der Waals surface area contributed by atoms with E-state index in [1.54, 1.807) is 0 Å². The third-order valence-electron chi connectivity index (χ3n) is 9.20. The van der Waals surface area contributed by atoms with E-state index >= 15 is 0 Å². The van der Waals surface area contributed by atoms with Crippen LogP contribution in [0.2, 0.25) is 0 Å². The molecule has 0 aliphatic rings. The van der Waals surface area contributed by atoms with Gasteiger partial charge in [-0.2, -0.15) is 25.3 Å². The normalized spacial score (nSPS) is 11.6. The van der Waals surface area contributed by atoms with Gasteiger partial charge in [0.15, 0.2) is 8.07 Å². The third-order valence-corrected chi connectivity index (χ3v) is 14.6. The Labute approximate surface area is 293 Å². The maximum atomic E-state index is 4.98. The largest absolute Gasteiger partial charge is 0.345 e. The maximum absolute atomic E-state index is 4.98. The van der Waals surface area contributed by atoms with Gasteiger partial charge in [-0.3, -0.25) is 4.98 Å².